The van der Waals surface area contributed by atoms with Gasteiger partial charge in [-0.25, -0.2) is 4.79 Å². The first-order valence-corrected chi connectivity index (χ1v) is 11.5. The molecule has 1 aliphatic heterocycles. The van der Waals surface area contributed by atoms with Crippen LogP contribution in [-0.2, 0) is 19.1 Å². The van der Waals surface area contributed by atoms with Gasteiger partial charge in [0.25, 0.3) is 5.91 Å². The number of carbonyl (C=O) groups is 4. The molecule has 4 atom stereocenters. The van der Waals surface area contributed by atoms with Gasteiger partial charge in [-0.05, 0) is 49.2 Å². The molecule has 2 aromatic rings. The molecule has 0 radical (unpaired) electrons. The zero-order valence-corrected chi connectivity index (χ0v) is 19.7. The highest BCUT2D eigenvalue weighted by molar-refractivity contribution is 6.31. The minimum Gasteiger partial charge on any atom is -0.497 e. The normalized spacial score (nSPS) is 23.9. The number of ether oxygens (including phenoxy) is 2. The molecule has 2 fully saturated rings. The second kappa shape index (κ2) is 10.0. The predicted octanol–water partition coefficient (Wildman–Crippen LogP) is 3.60. The van der Waals surface area contributed by atoms with E-state index in [9.17, 15) is 19.2 Å². The quantitative estimate of drug-likeness (QED) is 0.366. The molecule has 8 nitrogen and oxygen atoms in total. The van der Waals surface area contributed by atoms with Crippen LogP contribution in [0.15, 0.2) is 48.5 Å². The number of hydrogen-bond donors (Lipinski definition) is 1. The lowest BCUT2D eigenvalue weighted by molar-refractivity contribution is -0.122. The number of esters is 1. The highest BCUT2D eigenvalue weighted by Crippen LogP contribution is 2.43. The molecular formula is C24H22Cl2N2O6. The summed E-state index contributed by atoms with van der Waals surface area (Å²) < 4.78 is 10.2. The summed E-state index contributed by atoms with van der Waals surface area (Å²) in [5.74, 6) is -2.24. The van der Waals surface area contributed by atoms with E-state index in [4.69, 9.17) is 32.7 Å². The molecule has 4 rings (SSSR count). The number of alkyl halides is 2. The fourth-order valence-electron chi connectivity index (χ4n) is 4.21. The Hall–Kier alpha value is -3.10. The standard InChI is InChI=1S/C24H22Cl2N2O6/c1-33-16-4-2-3-14(9-16)27-21(29)12-34-24(32)13-5-7-15(8-6-13)28-22(30)17-10-19(25)20(26)11-18(17)23(28)31/h2-9,17-20H,10-12H2,1H3,(H,27,29)/t17-,18+,19+,20-. The Morgan fingerprint density at radius 2 is 1.62 bits per heavy atom. The number of nitrogens with one attached hydrogen (secondary N) is 1. The summed E-state index contributed by atoms with van der Waals surface area (Å²) in [6.07, 6.45) is 0.702. The van der Waals surface area contributed by atoms with Gasteiger partial charge in [-0.2, -0.15) is 0 Å². The van der Waals surface area contributed by atoms with Crippen molar-refractivity contribution in [2.24, 2.45) is 11.8 Å². The van der Waals surface area contributed by atoms with Crippen LogP contribution in [0, 0.1) is 11.8 Å². The third-order valence-corrected chi connectivity index (χ3v) is 7.05. The zero-order valence-electron chi connectivity index (χ0n) is 18.2. The average Bonchev–Trinajstić information content (AvgIpc) is 3.07. The number of fused-ring (bicyclic) bond motifs is 1. The zero-order chi connectivity index (χ0) is 24.4. The highest BCUT2D eigenvalue weighted by Gasteiger charge is 2.52. The smallest absolute Gasteiger partial charge is 0.338 e. The lowest BCUT2D eigenvalue weighted by Crippen LogP contribution is -2.34. The van der Waals surface area contributed by atoms with Crippen LogP contribution in [0.5, 0.6) is 5.75 Å². The lowest BCUT2D eigenvalue weighted by Gasteiger charge is -2.28. The van der Waals surface area contributed by atoms with E-state index in [1.165, 1.54) is 31.4 Å². The summed E-state index contributed by atoms with van der Waals surface area (Å²) in [4.78, 5) is 51.3. The van der Waals surface area contributed by atoms with Crippen LogP contribution in [-0.4, -0.2) is 48.2 Å². The Balaban J connectivity index is 1.36. The minimum absolute atomic E-state index is 0.177. The molecule has 2 aromatic carbocycles. The van der Waals surface area contributed by atoms with Gasteiger partial charge in [0, 0.05) is 11.8 Å². The van der Waals surface area contributed by atoms with Crippen molar-refractivity contribution in [3.63, 3.8) is 0 Å². The van der Waals surface area contributed by atoms with Gasteiger partial charge in [0.15, 0.2) is 6.61 Å². The summed E-state index contributed by atoms with van der Waals surface area (Å²) in [7, 11) is 1.51. The van der Waals surface area contributed by atoms with Crippen molar-refractivity contribution in [2.75, 3.05) is 23.9 Å². The number of benzene rings is 2. The van der Waals surface area contributed by atoms with Crippen molar-refractivity contribution in [2.45, 2.75) is 23.6 Å². The van der Waals surface area contributed by atoms with Crippen molar-refractivity contribution in [3.05, 3.63) is 54.1 Å². The van der Waals surface area contributed by atoms with Gasteiger partial charge >= 0.3 is 5.97 Å². The van der Waals surface area contributed by atoms with Gasteiger partial charge < -0.3 is 14.8 Å². The summed E-state index contributed by atoms with van der Waals surface area (Å²) in [5.41, 5.74) is 1.04. The van der Waals surface area contributed by atoms with Crippen molar-refractivity contribution < 1.29 is 28.7 Å². The van der Waals surface area contributed by atoms with E-state index in [0.29, 0.717) is 30.0 Å². The maximum absolute atomic E-state index is 12.8. The number of hydrogen-bond acceptors (Lipinski definition) is 6. The second-order valence-electron chi connectivity index (χ2n) is 8.13. The topological polar surface area (TPSA) is 102 Å². The molecule has 1 N–H and O–H groups in total. The Morgan fingerprint density at radius 3 is 2.21 bits per heavy atom. The van der Waals surface area contributed by atoms with Gasteiger partial charge in [-0.15, -0.1) is 23.2 Å². The summed E-state index contributed by atoms with van der Waals surface area (Å²) >= 11 is 12.4. The van der Waals surface area contributed by atoms with E-state index in [0.717, 1.165) is 4.90 Å². The molecule has 1 heterocycles. The number of anilines is 2. The maximum Gasteiger partial charge on any atom is 0.338 e. The third-order valence-electron chi connectivity index (χ3n) is 5.96. The number of imide groups is 1. The first-order chi connectivity index (χ1) is 16.3. The molecule has 1 aliphatic carbocycles. The van der Waals surface area contributed by atoms with Gasteiger partial charge in [0.05, 0.1) is 41.0 Å². The van der Waals surface area contributed by atoms with Crippen molar-refractivity contribution >= 4 is 58.3 Å². The van der Waals surface area contributed by atoms with Crippen LogP contribution in [0.1, 0.15) is 23.2 Å². The molecule has 178 valence electrons. The van der Waals surface area contributed by atoms with Crippen molar-refractivity contribution in [3.8, 4) is 5.75 Å². The predicted molar refractivity (Wildman–Crippen MR) is 126 cm³/mol. The molecule has 0 unspecified atom stereocenters. The summed E-state index contributed by atoms with van der Waals surface area (Å²) in [6, 6.07) is 12.6. The van der Waals surface area contributed by atoms with Crippen LogP contribution in [0.2, 0.25) is 0 Å². The number of amides is 3. The van der Waals surface area contributed by atoms with Crippen molar-refractivity contribution in [1.82, 2.24) is 0 Å². The maximum atomic E-state index is 12.8. The van der Waals surface area contributed by atoms with Crippen LogP contribution < -0.4 is 15.0 Å². The van der Waals surface area contributed by atoms with Crippen LogP contribution in [0.3, 0.4) is 0 Å². The SMILES string of the molecule is COc1cccc(NC(=O)COC(=O)c2ccc(N3C(=O)[C@H]4C[C@@H](Cl)[C@@H](Cl)C[C@H]4C3=O)cc2)c1. The molecule has 34 heavy (non-hydrogen) atoms. The largest absolute Gasteiger partial charge is 0.497 e. The molecule has 0 aromatic heterocycles. The van der Waals surface area contributed by atoms with Gasteiger partial charge in [-0.3, -0.25) is 19.3 Å². The van der Waals surface area contributed by atoms with E-state index in [1.807, 2.05) is 0 Å². The monoisotopic (exact) mass is 504 g/mol. The van der Waals surface area contributed by atoms with Gasteiger partial charge in [0.2, 0.25) is 11.8 Å². The minimum atomic E-state index is -0.713. The van der Waals surface area contributed by atoms with Crippen LogP contribution >= 0.6 is 23.2 Å². The fraction of sp³-hybridized carbons (Fsp3) is 0.333. The van der Waals surface area contributed by atoms with Crippen LogP contribution in [0.25, 0.3) is 0 Å². The average molecular weight is 505 g/mol. The van der Waals surface area contributed by atoms with Gasteiger partial charge in [0.1, 0.15) is 5.75 Å². The van der Waals surface area contributed by atoms with Gasteiger partial charge in [-0.1, -0.05) is 6.07 Å². The van der Waals surface area contributed by atoms with Crippen LogP contribution in [0.4, 0.5) is 11.4 Å². The number of halogens is 2. The molecule has 1 saturated carbocycles. The van der Waals surface area contributed by atoms with E-state index < -0.39 is 30.3 Å². The second-order valence-corrected chi connectivity index (χ2v) is 9.25. The van der Waals surface area contributed by atoms with E-state index in [1.54, 1.807) is 24.3 Å². The first-order valence-electron chi connectivity index (χ1n) is 10.7. The number of rotatable bonds is 6. The highest BCUT2D eigenvalue weighted by atomic mass is 35.5. The Bertz CT molecular complexity index is 1090. The third kappa shape index (κ3) is 4.88. The van der Waals surface area contributed by atoms with E-state index >= 15 is 0 Å². The van der Waals surface area contributed by atoms with E-state index in [-0.39, 0.29) is 28.1 Å². The Labute approximate surface area is 206 Å². The number of methoxy groups -OCH3 is 1. The summed E-state index contributed by atoms with van der Waals surface area (Å²) in [6.45, 7) is -0.483. The Kier molecular flexibility index (Phi) is 7.09. The molecule has 1 saturated heterocycles. The Morgan fingerprint density at radius 1 is 1.00 bits per heavy atom. The molecule has 0 bridgehead atoms. The lowest BCUT2D eigenvalue weighted by atomic mass is 9.80. The number of nitrogens with zero attached hydrogens (tertiary/aromatic N) is 1. The molecule has 10 heteroatoms. The molecular weight excluding hydrogens is 483 g/mol. The van der Waals surface area contributed by atoms with Crippen molar-refractivity contribution in [1.29, 1.82) is 0 Å². The molecule has 2 aliphatic rings. The van der Waals surface area contributed by atoms with E-state index in [2.05, 4.69) is 5.32 Å². The molecule has 3 amide bonds. The number of carbonyl (C=O) groups excluding carboxylic acids is 4. The first kappa shape index (κ1) is 24.0. The summed E-state index contributed by atoms with van der Waals surface area (Å²) in [5, 5.41) is 1.89. The fourth-order valence-corrected chi connectivity index (χ4v) is 4.80. The molecule has 0 spiro atoms.